The highest BCUT2D eigenvalue weighted by Crippen LogP contribution is 2.35. The molecule has 9 heteroatoms. The summed E-state index contributed by atoms with van der Waals surface area (Å²) in [5.41, 5.74) is 0. The quantitative estimate of drug-likeness (QED) is 0.753. The summed E-state index contributed by atoms with van der Waals surface area (Å²) in [5, 5.41) is 0. The van der Waals surface area contributed by atoms with E-state index in [0.717, 1.165) is 12.8 Å². The molecule has 2 unspecified atom stereocenters. The number of hydrogen-bond donors (Lipinski definition) is 0. The third kappa shape index (κ3) is 2.90. The van der Waals surface area contributed by atoms with Gasteiger partial charge in [0.15, 0.2) is 15.6 Å². The van der Waals surface area contributed by atoms with Crippen molar-refractivity contribution in [1.82, 2.24) is 9.80 Å². The topological polar surface area (TPSA) is 97.1 Å². The normalized spacial score (nSPS) is 27.9. The van der Waals surface area contributed by atoms with Gasteiger partial charge >= 0.3 is 0 Å². The van der Waals surface area contributed by atoms with Gasteiger partial charge in [-0.15, -0.1) is 0 Å². The molecule has 136 valence electrons. The number of methoxy groups -OCH3 is 1. The SMILES string of the molecule is COc1ccc(C(=O)N2CCN(C(=O)C3CC3)C3CS(=O)(=O)CC32)o1. The van der Waals surface area contributed by atoms with Gasteiger partial charge in [0, 0.05) is 25.1 Å². The van der Waals surface area contributed by atoms with Gasteiger partial charge in [-0.1, -0.05) is 0 Å². The molecule has 1 aliphatic carbocycles. The Morgan fingerprint density at radius 3 is 2.36 bits per heavy atom. The Balaban J connectivity index is 1.60. The summed E-state index contributed by atoms with van der Waals surface area (Å²) in [7, 11) is -1.85. The fourth-order valence-electron chi connectivity index (χ4n) is 3.73. The molecule has 1 saturated carbocycles. The molecule has 0 bridgehead atoms. The molecular formula is C16H20N2O6S. The number of nitrogens with zero attached hydrogens (tertiary/aromatic N) is 2. The molecule has 2 aliphatic heterocycles. The average molecular weight is 368 g/mol. The summed E-state index contributed by atoms with van der Waals surface area (Å²) >= 11 is 0. The van der Waals surface area contributed by atoms with Crippen molar-refractivity contribution < 1.29 is 27.2 Å². The number of amides is 2. The lowest BCUT2D eigenvalue weighted by molar-refractivity contribution is -0.137. The highest BCUT2D eigenvalue weighted by molar-refractivity contribution is 7.91. The van der Waals surface area contributed by atoms with Crippen molar-refractivity contribution in [3.63, 3.8) is 0 Å². The minimum Gasteiger partial charge on any atom is -0.468 e. The van der Waals surface area contributed by atoms with Gasteiger partial charge in [0.1, 0.15) is 0 Å². The van der Waals surface area contributed by atoms with E-state index >= 15 is 0 Å². The molecule has 25 heavy (non-hydrogen) atoms. The Bertz CT molecular complexity index is 812. The molecule has 4 rings (SSSR count). The Kier molecular flexibility index (Phi) is 3.78. The van der Waals surface area contributed by atoms with Crippen LogP contribution in [0.4, 0.5) is 0 Å². The maximum Gasteiger partial charge on any atom is 0.290 e. The predicted octanol–water partition coefficient (Wildman–Crippen LogP) is 0.148. The summed E-state index contributed by atoms with van der Waals surface area (Å²) < 4.78 is 34.6. The van der Waals surface area contributed by atoms with E-state index in [1.165, 1.54) is 18.1 Å². The first-order valence-electron chi connectivity index (χ1n) is 8.35. The second-order valence-corrected chi connectivity index (χ2v) is 8.99. The lowest BCUT2D eigenvalue weighted by atomic mass is 10.0. The fourth-order valence-corrected chi connectivity index (χ4v) is 5.71. The van der Waals surface area contributed by atoms with Crippen LogP contribution in [0.1, 0.15) is 23.4 Å². The number of hydrogen-bond acceptors (Lipinski definition) is 6. The first-order valence-corrected chi connectivity index (χ1v) is 10.2. The zero-order valence-electron chi connectivity index (χ0n) is 13.9. The van der Waals surface area contributed by atoms with Gasteiger partial charge in [0.05, 0.1) is 30.7 Å². The molecule has 0 aromatic carbocycles. The average Bonchev–Trinajstić information content (AvgIpc) is 3.22. The molecule has 0 N–H and O–H groups in total. The molecule has 0 spiro atoms. The summed E-state index contributed by atoms with van der Waals surface area (Å²) in [6, 6.07) is 2.07. The molecule has 2 amide bonds. The standard InChI is InChI=1S/C16H20N2O6S/c1-23-14-5-4-13(24-14)16(20)18-7-6-17(15(19)10-2-3-10)11-8-25(21,22)9-12(11)18/h4-5,10-12H,2-3,6-9H2,1H3. The van der Waals surface area contributed by atoms with Crippen LogP contribution in [0.2, 0.25) is 0 Å². The monoisotopic (exact) mass is 368 g/mol. The number of carbonyl (C=O) groups is 2. The largest absolute Gasteiger partial charge is 0.468 e. The number of ether oxygens (including phenoxy) is 1. The minimum absolute atomic E-state index is 0.0267. The van der Waals surface area contributed by atoms with Crippen molar-refractivity contribution in [3.8, 4) is 5.95 Å². The number of carbonyl (C=O) groups excluding carboxylic acids is 2. The summed E-state index contributed by atoms with van der Waals surface area (Å²) in [4.78, 5) is 28.5. The Labute approximate surface area is 145 Å². The molecule has 0 radical (unpaired) electrons. The van der Waals surface area contributed by atoms with Crippen LogP contribution in [0.3, 0.4) is 0 Å². The molecule has 1 aromatic heterocycles. The van der Waals surface area contributed by atoms with E-state index in [4.69, 9.17) is 9.15 Å². The molecule has 2 atom stereocenters. The van der Waals surface area contributed by atoms with Crippen LogP contribution >= 0.6 is 0 Å². The van der Waals surface area contributed by atoms with E-state index in [0.29, 0.717) is 13.1 Å². The summed E-state index contributed by atoms with van der Waals surface area (Å²) in [6.45, 7) is 0.659. The van der Waals surface area contributed by atoms with Crippen LogP contribution < -0.4 is 4.74 Å². The molecule has 3 fully saturated rings. The second kappa shape index (κ2) is 5.76. The summed E-state index contributed by atoms with van der Waals surface area (Å²) in [5.74, 6) is -0.173. The van der Waals surface area contributed by atoms with Crippen molar-refractivity contribution in [1.29, 1.82) is 0 Å². The van der Waals surface area contributed by atoms with Crippen molar-refractivity contribution in [2.45, 2.75) is 24.9 Å². The number of rotatable bonds is 3. The van der Waals surface area contributed by atoms with Crippen LogP contribution in [0.15, 0.2) is 16.5 Å². The molecule has 3 heterocycles. The molecule has 3 aliphatic rings. The first kappa shape index (κ1) is 16.4. The van der Waals surface area contributed by atoms with Gasteiger partial charge in [0.2, 0.25) is 5.91 Å². The second-order valence-electron chi connectivity index (χ2n) is 6.84. The smallest absolute Gasteiger partial charge is 0.290 e. The van der Waals surface area contributed by atoms with Gasteiger partial charge in [-0.2, -0.15) is 0 Å². The Hall–Kier alpha value is -2.03. The predicted molar refractivity (Wildman–Crippen MR) is 87.0 cm³/mol. The van der Waals surface area contributed by atoms with Gasteiger partial charge < -0.3 is 19.0 Å². The van der Waals surface area contributed by atoms with Crippen LogP contribution in [-0.2, 0) is 14.6 Å². The zero-order chi connectivity index (χ0) is 17.8. The van der Waals surface area contributed by atoms with Crippen LogP contribution in [0.25, 0.3) is 0 Å². The number of piperazine rings is 1. The summed E-state index contributed by atoms with van der Waals surface area (Å²) in [6.07, 6.45) is 1.74. The maximum absolute atomic E-state index is 12.8. The Morgan fingerprint density at radius 2 is 1.76 bits per heavy atom. The molecular weight excluding hydrogens is 348 g/mol. The minimum atomic E-state index is -3.29. The van der Waals surface area contributed by atoms with Crippen LogP contribution in [-0.4, -0.2) is 73.8 Å². The number of sulfone groups is 1. The van der Waals surface area contributed by atoms with E-state index < -0.39 is 21.9 Å². The number of furan rings is 1. The van der Waals surface area contributed by atoms with Crippen molar-refractivity contribution in [3.05, 3.63) is 17.9 Å². The fraction of sp³-hybridized carbons (Fsp3) is 0.625. The zero-order valence-corrected chi connectivity index (χ0v) is 14.7. The molecule has 1 aromatic rings. The maximum atomic E-state index is 12.8. The van der Waals surface area contributed by atoms with Crippen LogP contribution in [0, 0.1) is 5.92 Å². The van der Waals surface area contributed by atoms with Crippen LogP contribution in [0.5, 0.6) is 5.95 Å². The van der Waals surface area contributed by atoms with E-state index in [1.807, 2.05) is 0 Å². The van der Waals surface area contributed by atoms with Gasteiger partial charge in [-0.3, -0.25) is 9.59 Å². The highest BCUT2D eigenvalue weighted by Gasteiger charge is 2.51. The number of fused-ring (bicyclic) bond motifs is 1. The van der Waals surface area contributed by atoms with Crippen molar-refractivity contribution in [2.75, 3.05) is 31.7 Å². The van der Waals surface area contributed by atoms with Gasteiger partial charge in [-0.25, -0.2) is 8.42 Å². The highest BCUT2D eigenvalue weighted by atomic mass is 32.2. The lowest BCUT2D eigenvalue weighted by Gasteiger charge is -2.43. The molecule has 8 nitrogen and oxygen atoms in total. The van der Waals surface area contributed by atoms with Crippen molar-refractivity contribution >= 4 is 21.7 Å². The lowest BCUT2D eigenvalue weighted by Crippen LogP contribution is -2.62. The van der Waals surface area contributed by atoms with E-state index in [1.54, 1.807) is 11.0 Å². The van der Waals surface area contributed by atoms with Gasteiger partial charge in [-0.05, 0) is 18.9 Å². The van der Waals surface area contributed by atoms with E-state index in [2.05, 4.69) is 0 Å². The van der Waals surface area contributed by atoms with E-state index in [-0.39, 0.29) is 40.9 Å². The molecule has 2 saturated heterocycles. The third-order valence-corrected chi connectivity index (χ3v) is 6.84. The van der Waals surface area contributed by atoms with Crippen molar-refractivity contribution in [2.24, 2.45) is 5.92 Å². The third-order valence-electron chi connectivity index (χ3n) is 5.14. The first-order chi connectivity index (χ1) is 11.9. The van der Waals surface area contributed by atoms with E-state index in [9.17, 15) is 18.0 Å². The van der Waals surface area contributed by atoms with Gasteiger partial charge in [0.25, 0.3) is 11.9 Å². The Morgan fingerprint density at radius 1 is 1.12 bits per heavy atom.